The van der Waals surface area contributed by atoms with Gasteiger partial charge >= 0.3 is 0 Å². The van der Waals surface area contributed by atoms with Crippen molar-refractivity contribution in [2.24, 2.45) is 0 Å². The molecule has 1 aromatic heterocycles. The van der Waals surface area contributed by atoms with Gasteiger partial charge in [0.15, 0.2) is 0 Å². The summed E-state index contributed by atoms with van der Waals surface area (Å²) in [4.78, 5) is 4.20. The highest BCUT2D eigenvalue weighted by atomic mass is 32.2. The van der Waals surface area contributed by atoms with Gasteiger partial charge in [0.05, 0.1) is 27.5 Å². The van der Waals surface area contributed by atoms with Crippen molar-refractivity contribution in [3.63, 3.8) is 0 Å². The van der Waals surface area contributed by atoms with Crippen molar-refractivity contribution in [3.05, 3.63) is 24.0 Å². The van der Waals surface area contributed by atoms with Gasteiger partial charge < -0.3 is 0 Å². The van der Waals surface area contributed by atoms with Gasteiger partial charge in [-0.15, -0.1) is 0 Å². The maximum atomic E-state index is 11.9. The molecular formula is C11H17BN2OS. The van der Waals surface area contributed by atoms with Crippen LogP contribution in [0.1, 0.15) is 39.4 Å². The molecule has 0 aliphatic heterocycles. The SMILES string of the molecule is [B]c1ccnc([C@@H](C)N[S@](=O)C(C)(C)C)c1. The molecule has 2 radical (unpaired) electrons. The third-order valence-electron chi connectivity index (χ3n) is 2.09. The molecule has 0 aliphatic rings. The maximum Gasteiger partial charge on any atom is 0.113 e. The second-order valence-corrected chi connectivity index (χ2v) is 6.73. The molecule has 1 aromatic rings. The summed E-state index contributed by atoms with van der Waals surface area (Å²) in [5.41, 5.74) is 1.47. The van der Waals surface area contributed by atoms with E-state index in [4.69, 9.17) is 7.85 Å². The summed E-state index contributed by atoms with van der Waals surface area (Å²) in [5, 5.41) is 0. The first kappa shape index (κ1) is 13.4. The van der Waals surface area contributed by atoms with Gasteiger partial charge in [0.25, 0.3) is 0 Å². The van der Waals surface area contributed by atoms with Gasteiger partial charge in [-0.1, -0.05) is 11.5 Å². The largest absolute Gasteiger partial charge is 0.260 e. The van der Waals surface area contributed by atoms with Gasteiger partial charge in [0.2, 0.25) is 0 Å². The van der Waals surface area contributed by atoms with Crippen molar-refractivity contribution in [2.45, 2.75) is 38.5 Å². The Kier molecular flexibility index (Phi) is 4.27. The molecule has 1 rings (SSSR count). The van der Waals surface area contributed by atoms with Crippen LogP contribution in [0.25, 0.3) is 0 Å². The quantitative estimate of drug-likeness (QED) is 0.795. The maximum absolute atomic E-state index is 11.9. The lowest BCUT2D eigenvalue weighted by atomic mass is 9.96. The molecule has 1 N–H and O–H groups in total. The fourth-order valence-corrected chi connectivity index (χ4v) is 1.90. The normalized spacial score (nSPS) is 15.8. The van der Waals surface area contributed by atoms with Crippen molar-refractivity contribution >= 4 is 24.3 Å². The van der Waals surface area contributed by atoms with Gasteiger partial charge in [-0.25, -0.2) is 8.93 Å². The zero-order chi connectivity index (χ0) is 12.3. The average molecular weight is 236 g/mol. The highest BCUT2D eigenvalue weighted by Gasteiger charge is 2.21. The van der Waals surface area contributed by atoms with Crippen molar-refractivity contribution in [3.8, 4) is 0 Å². The Morgan fingerprint density at radius 2 is 2.12 bits per heavy atom. The molecule has 0 aromatic carbocycles. The second-order valence-electron chi connectivity index (χ2n) is 4.73. The van der Waals surface area contributed by atoms with E-state index in [1.807, 2.05) is 27.7 Å². The predicted molar refractivity (Wildman–Crippen MR) is 69.1 cm³/mol. The first-order valence-electron chi connectivity index (χ1n) is 5.20. The van der Waals surface area contributed by atoms with Gasteiger partial charge in [-0.2, -0.15) is 0 Å². The lowest BCUT2D eigenvalue weighted by Crippen LogP contribution is -2.35. The summed E-state index contributed by atoms with van der Waals surface area (Å²) < 4.78 is 14.6. The predicted octanol–water partition coefficient (Wildman–Crippen LogP) is 0.988. The summed E-state index contributed by atoms with van der Waals surface area (Å²) in [6.45, 7) is 7.70. The van der Waals surface area contributed by atoms with Gasteiger partial charge in [-0.3, -0.25) is 4.98 Å². The molecule has 2 atom stereocenters. The molecular weight excluding hydrogens is 219 g/mol. The van der Waals surface area contributed by atoms with E-state index in [1.54, 1.807) is 18.3 Å². The summed E-state index contributed by atoms with van der Waals surface area (Å²) in [6.07, 6.45) is 1.66. The van der Waals surface area contributed by atoms with Crippen molar-refractivity contribution in [2.75, 3.05) is 0 Å². The summed E-state index contributed by atoms with van der Waals surface area (Å²) in [5.74, 6) is 0. The van der Waals surface area contributed by atoms with Crippen LogP contribution >= 0.6 is 0 Å². The summed E-state index contributed by atoms with van der Waals surface area (Å²) >= 11 is 0. The van der Waals surface area contributed by atoms with E-state index < -0.39 is 11.0 Å². The van der Waals surface area contributed by atoms with Crippen LogP contribution in [-0.2, 0) is 11.0 Å². The van der Waals surface area contributed by atoms with E-state index in [-0.39, 0.29) is 10.8 Å². The van der Waals surface area contributed by atoms with Gasteiger partial charge in [-0.05, 0) is 33.8 Å². The Morgan fingerprint density at radius 1 is 1.50 bits per heavy atom. The molecule has 86 valence electrons. The summed E-state index contributed by atoms with van der Waals surface area (Å²) in [6, 6.07) is 3.44. The summed E-state index contributed by atoms with van der Waals surface area (Å²) in [7, 11) is 4.56. The minimum absolute atomic E-state index is 0.0800. The molecule has 0 fully saturated rings. The third-order valence-corrected chi connectivity index (χ3v) is 3.77. The molecule has 16 heavy (non-hydrogen) atoms. The molecule has 0 amide bonds. The second kappa shape index (κ2) is 5.10. The Hall–Kier alpha value is -0.675. The lowest BCUT2D eigenvalue weighted by molar-refractivity contribution is 0.611. The minimum Gasteiger partial charge on any atom is -0.260 e. The number of nitrogens with one attached hydrogen (secondary N) is 1. The number of rotatable bonds is 3. The van der Waals surface area contributed by atoms with Gasteiger partial charge in [0, 0.05) is 6.20 Å². The molecule has 0 bridgehead atoms. The van der Waals surface area contributed by atoms with Crippen molar-refractivity contribution in [1.29, 1.82) is 0 Å². The minimum atomic E-state index is -1.11. The van der Waals surface area contributed by atoms with Crippen LogP contribution in [0.3, 0.4) is 0 Å². The third kappa shape index (κ3) is 3.72. The molecule has 0 unspecified atom stereocenters. The Bertz CT molecular complexity index is 390. The van der Waals surface area contributed by atoms with E-state index in [1.165, 1.54) is 0 Å². The van der Waals surface area contributed by atoms with E-state index in [9.17, 15) is 4.21 Å². The first-order chi connectivity index (χ1) is 7.30. The number of hydrogen-bond donors (Lipinski definition) is 1. The number of aromatic nitrogens is 1. The van der Waals surface area contributed by atoms with Crippen molar-refractivity contribution in [1.82, 2.24) is 9.71 Å². The fraction of sp³-hybridized carbons (Fsp3) is 0.545. The number of hydrogen-bond acceptors (Lipinski definition) is 2. The molecule has 0 aliphatic carbocycles. The molecule has 3 nitrogen and oxygen atoms in total. The van der Waals surface area contributed by atoms with Crippen LogP contribution in [0.5, 0.6) is 0 Å². The molecule has 1 heterocycles. The van der Waals surface area contributed by atoms with Crippen molar-refractivity contribution < 1.29 is 4.21 Å². The van der Waals surface area contributed by atoms with Crippen LogP contribution in [0, 0.1) is 0 Å². The Labute approximate surface area is 101 Å². The molecule has 0 saturated heterocycles. The molecule has 0 saturated carbocycles. The van der Waals surface area contributed by atoms with Crippen LogP contribution < -0.4 is 10.2 Å². The van der Waals surface area contributed by atoms with E-state index in [2.05, 4.69) is 9.71 Å². The molecule has 5 heteroatoms. The standard InChI is InChI=1S/C11H17BN2OS/c1-8(14-16(15)11(2,3)4)10-7-9(12)5-6-13-10/h5-8,14H,1-4H3/t8-,16-/m1/s1. The Morgan fingerprint density at radius 3 is 2.62 bits per heavy atom. The highest BCUT2D eigenvalue weighted by Crippen LogP contribution is 2.14. The average Bonchev–Trinajstić information content (AvgIpc) is 2.16. The van der Waals surface area contributed by atoms with E-state index in [0.29, 0.717) is 5.46 Å². The van der Waals surface area contributed by atoms with Crippen LogP contribution in [0.4, 0.5) is 0 Å². The topological polar surface area (TPSA) is 42.0 Å². The zero-order valence-corrected chi connectivity index (χ0v) is 11.0. The van der Waals surface area contributed by atoms with Crippen LogP contribution in [0.2, 0.25) is 0 Å². The first-order valence-corrected chi connectivity index (χ1v) is 6.35. The smallest absolute Gasteiger partial charge is 0.113 e. The van der Waals surface area contributed by atoms with E-state index in [0.717, 1.165) is 5.69 Å². The Balaban J connectivity index is 2.73. The van der Waals surface area contributed by atoms with Gasteiger partial charge in [0.1, 0.15) is 7.85 Å². The fourth-order valence-electron chi connectivity index (χ4n) is 1.10. The van der Waals surface area contributed by atoms with Crippen LogP contribution in [0.15, 0.2) is 18.3 Å². The lowest BCUT2D eigenvalue weighted by Gasteiger charge is -2.21. The van der Waals surface area contributed by atoms with Crippen LogP contribution in [-0.4, -0.2) is 21.8 Å². The zero-order valence-electron chi connectivity index (χ0n) is 10.2. The van der Waals surface area contributed by atoms with E-state index >= 15 is 0 Å². The highest BCUT2D eigenvalue weighted by molar-refractivity contribution is 7.84. The molecule has 0 spiro atoms. The number of pyridine rings is 1. The number of nitrogens with zero attached hydrogens (tertiary/aromatic N) is 1. The monoisotopic (exact) mass is 236 g/mol.